The van der Waals surface area contributed by atoms with Gasteiger partial charge in [-0.3, -0.25) is 5.43 Å². The number of rotatable bonds is 5. The number of alkyl halides is 2. The van der Waals surface area contributed by atoms with Crippen molar-refractivity contribution in [3.63, 3.8) is 0 Å². The van der Waals surface area contributed by atoms with Gasteiger partial charge in [0.05, 0.1) is 12.7 Å². The Labute approximate surface area is 94.8 Å². The lowest BCUT2D eigenvalue weighted by molar-refractivity contribution is -0.0373. The number of nitrogens with two attached hydrogens (primary N) is 1. The Bertz CT molecular complexity index is 365. The van der Waals surface area contributed by atoms with Crippen LogP contribution in [-0.4, -0.2) is 34.1 Å². The number of hydrazine groups is 1. The lowest BCUT2D eigenvalue weighted by atomic mass is 10.3. The van der Waals surface area contributed by atoms with Gasteiger partial charge in [0.2, 0.25) is 5.95 Å². The Kier molecular flexibility index (Phi) is 4.16. The fourth-order valence-electron chi connectivity index (χ4n) is 0.830. The monoisotopic (exact) mass is 253 g/mol. The molecule has 0 saturated heterocycles. The number of aliphatic hydroxyl groups excluding tert-OH is 1. The Morgan fingerprint density at radius 3 is 2.81 bits per heavy atom. The molecule has 1 rings (SSSR count). The molecule has 0 unspecified atom stereocenters. The van der Waals surface area contributed by atoms with E-state index >= 15 is 0 Å². The van der Waals surface area contributed by atoms with Gasteiger partial charge in [-0.2, -0.15) is 4.98 Å². The summed E-state index contributed by atoms with van der Waals surface area (Å²) in [5.74, 6) is 1.85. The first-order valence-corrected chi connectivity index (χ1v) is 4.58. The van der Waals surface area contributed by atoms with Crippen LogP contribution in [0.5, 0.6) is 0 Å². The van der Waals surface area contributed by atoms with Crippen molar-refractivity contribution in [2.45, 2.75) is 5.92 Å². The third-order valence-corrected chi connectivity index (χ3v) is 1.90. The van der Waals surface area contributed by atoms with Gasteiger partial charge in [-0.25, -0.2) is 19.6 Å². The third kappa shape index (κ3) is 3.40. The van der Waals surface area contributed by atoms with E-state index < -0.39 is 19.1 Å². The largest absolute Gasteiger partial charge is 0.390 e. The summed E-state index contributed by atoms with van der Waals surface area (Å²) in [4.78, 5) is 7.39. The topological polar surface area (TPSA) is 96.1 Å². The van der Waals surface area contributed by atoms with E-state index in [1.54, 1.807) is 0 Å². The van der Waals surface area contributed by atoms with Crippen molar-refractivity contribution in [2.24, 2.45) is 5.84 Å². The number of anilines is 2. The summed E-state index contributed by atoms with van der Waals surface area (Å²) in [7, 11) is 0. The van der Waals surface area contributed by atoms with E-state index in [4.69, 9.17) is 22.6 Å². The van der Waals surface area contributed by atoms with Gasteiger partial charge in [0.1, 0.15) is 11.6 Å². The second-order valence-corrected chi connectivity index (χ2v) is 3.31. The zero-order chi connectivity index (χ0) is 12.2. The summed E-state index contributed by atoms with van der Waals surface area (Å²) in [5, 5.41) is 10.7. The number of halogens is 3. The van der Waals surface area contributed by atoms with Gasteiger partial charge in [0.25, 0.3) is 5.92 Å². The molecule has 6 nitrogen and oxygen atoms in total. The van der Waals surface area contributed by atoms with Crippen LogP contribution < -0.4 is 16.6 Å². The minimum absolute atomic E-state index is 0.0118. The van der Waals surface area contributed by atoms with Gasteiger partial charge < -0.3 is 10.4 Å². The maximum atomic E-state index is 12.7. The predicted octanol–water partition coefficient (Wildman–Crippen LogP) is 0.455. The van der Waals surface area contributed by atoms with Crippen molar-refractivity contribution in [1.82, 2.24) is 9.97 Å². The van der Waals surface area contributed by atoms with Crippen LogP contribution in [0.4, 0.5) is 20.5 Å². The summed E-state index contributed by atoms with van der Waals surface area (Å²) in [6, 6.07) is 0. The van der Waals surface area contributed by atoms with Crippen LogP contribution in [0.15, 0.2) is 6.20 Å². The van der Waals surface area contributed by atoms with Crippen molar-refractivity contribution in [3.8, 4) is 0 Å². The molecule has 16 heavy (non-hydrogen) atoms. The molecule has 9 heteroatoms. The molecule has 0 radical (unpaired) electrons. The fraction of sp³-hybridized carbons (Fsp3) is 0.429. The molecule has 0 spiro atoms. The zero-order valence-electron chi connectivity index (χ0n) is 8.04. The lowest BCUT2D eigenvalue weighted by Gasteiger charge is -2.15. The maximum absolute atomic E-state index is 12.7. The molecule has 0 saturated carbocycles. The highest BCUT2D eigenvalue weighted by atomic mass is 35.5. The first-order valence-electron chi connectivity index (χ1n) is 4.20. The summed E-state index contributed by atoms with van der Waals surface area (Å²) in [6.07, 6.45) is 1.21. The highest BCUT2D eigenvalue weighted by Gasteiger charge is 2.27. The van der Waals surface area contributed by atoms with Crippen molar-refractivity contribution in [2.75, 3.05) is 23.9 Å². The van der Waals surface area contributed by atoms with Gasteiger partial charge in [-0.1, -0.05) is 11.6 Å². The molecular weight excluding hydrogens is 244 g/mol. The first kappa shape index (κ1) is 12.8. The van der Waals surface area contributed by atoms with E-state index in [2.05, 4.69) is 20.7 Å². The van der Waals surface area contributed by atoms with E-state index in [0.29, 0.717) is 0 Å². The molecule has 0 atom stereocenters. The molecule has 90 valence electrons. The molecule has 0 aliphatic heterocycles. The average Bonchev–Trinajstić information content (AvgIpc) is 2.28. The van der Waals surface area contributed by atoms with Gasteiger partial charge in [-0.15, -0.1) is 0 Å². The van der Waals surface area contributed by atoms with Crippen LogP contribution in [0.25, 0.3) is 0 Å². The van der Waals surface area contributed by atoms with Gasteiger partial charge in [0.15, 0.2) is 5.82 Å². The molecule has 1 aromatic heterocycles. The highest BCUT2D eigenvalue weighted by Crippen LogP contribution is 2.21. The standard InChI is InChI=1S/C7H10ClF2N5O/c8-4-1-12-6(15-11)14-5(4)13-2-7(9,10)3-16/h1,16H,2-3,11H2,(H2,12,13,14,15). The Morgan fingerprint density at radius 1 is 1.56 bits per heavy atom. The molecular formula is C7H10ClF2N5O. The lowest BCUT2D eigenvalue weighted by Crippen LogP contribution is -2.31. The number of nitrogen functional groups attached to an aromatic ring is 1. The second kappa shape index (κ2) is 5.19. The number of nitrogens with zero attached hydrogens (tertiary/aromatic N) is 2. The number of aromatic nitrogens is 2. The fourth-order valence-corrected chi connectivity index (χ4v) is 0.987. The smallest absolute Gasteiger partial charge is 0.287 e. The van der Waals surface area contributed by atoms with Crippen LogP contribution in [-0.2, 0) is 0 Å². The summed E-state index contributed by atoms with van der Waals surface area (Å²) in [6.45, 7) is -2.05. The van der Waals surface area contributed by atoms with Crippen molar-refractivity contribution < 1.29 is 13.9 Å². The number of aliphatic hydroxyl groups is 1. The number of hydrogen-bond donors (Lipinski definition) is 4. The molecule has 0 fully saturated rings. The Morgan fingerprint density at radius 2 is 2.25 bits per heavy atom. The molecule has 0 amide bonds. The highest BCUT2D eigenvalue weighted by molar-refractivity contribution is 6.32. The quantitative estimate of drug-likeness (QED) is 0.450. The van der Waals surface area contributed by atoms with Gasteiger partial charge >= 0.3 is 0 Å². The molecule has 1 heterocycles. The SMILES string of the molecule is NNc1ncc(Cl)c(NCC(F)(F)CO)n1. The minimum atomic E-state index is -3.25. The molecule has 0 aromatic carbocycles. The first-order chi connectivity index (χ1) is 7.48. The molecule has 0 aliphatic rings. The van der Waals surface area contributed by atoms with Crippen LogP contribution in [0.3, 0.4) is 0 Å². The number of nitrogens with one attached hydrogen (secondary N) is 2. The van der Waals surface area contributed by atoms with Gasteiger partial charge in [-0.05, 0) is 0 Å². The molecule has 0 aliphatic carbocycles. The normalized spacial score (nSPS) is 11.3. The zero-order valence-corrected chi connectivity index (χ0v) is 8.80. The van der Waals surface area contributed by atoms with Crippen LogP contribution in [0, 0.1) is 0 Å². The Hall–Kier alpha value is -1.25. The van der Waals surface area contributed by atoms with Crippen molar-refractivity contribution in [1.29, 1.82) is 0 Å². The van der Waals surface area contributed by atoms with Crippen LogP contribution >= 0.6 is 11.6 Å². The molecule has 5 N–H and O–H groups in total. The third-order valence-electron chi connectivity index (χ3n) is 1.62. The van der Waals surface area contributed by atoms with E-state index in [9.17, 15) is 8.78 Å². The summed E-state index contributed by atoms with van der Waals surface area (Å²) in [5.41, 5.74) is 2.15. The van der Waals surface area contributed by atoms with E-state index in [-0.39, 0.29) is 16.8 Å². The molecule has 0 bridgehead atoms. The molecule has 1 aromatic rings. The number of hydrogen-bond acceptors (Lipinski definition) is 6. The Balaban J connectivity index is 2.73. The van der Waals surface area contributed by atoms with E-state index in [1.807, 2.05) is 0 Å². The van der Waals surface area contributed by atoms with E-state index in [1.165, 1.54) is 6.20 Å². The van der Waals surface area contributed by atoms with Crippen molar-refractivity contribution in [3.05, 3.63) is 11.2 Å². The maximum Gasteiger partial charge on any atom is 0.287 e. The minimum Gasteiger partial charge on any atom is -0.390 e. The predicted molar refractivity (Wildman–Crippen MR) is 55.4 cm³/mol. The van der Waals surface area contributed by atoms with Crippen LogP contribution in [0.1, 0.15) is 0 Å². The average molecular weight is 254 g/mol. The second-order valence-electron chi connectivity index (χ2n) is 2.90. The van der Waals surface area contributed by atoms with E-state index in [0.717, 1.165) is 0 Å². The van der Waals surface area contributed by atoms with Gasteiger partial charge in [0, 0.05) is 0 Å². The summed E-state index contributed by atoms with van der Waals surface area (Å²) < 4.78 is 25.4. The summed E-state index contributed by atoms with van der Waals surface area (Å²) >= 11 is 5.66. The van der Waals surface area contributed by atoms with Crippen LogP contribution in [0.2, 0.25) is 5.02 Å². The van der Waals surface area contributed by atoms with Crippen molar-refractivity contribution >= 4 is 23.4 Å².